The van der Waals surface area contributed by atoms with Gasteiger partial charge in [-0.1, -0.05) is 54.9 Å². The van der Waals surface area contributed by atoms with Crippen molar-refractivity contribution >= 4 is 39.1 Å². The fraction of sp³-hybridized carbons (Fsp3) is 0.462. The first kappa shape index (κ1) is 28.7. The maximum absolute atomic E-state index is 13.3. The van der Waals surface area contributed by atoms with Crippen molar-refractivity contribution in [3.05, 3.63) is 65.2 Å². The molecule has 7 nitrogen and oxygen atoms in total. The summed E-state index contributed by atoms with van der Waals surface area (Å²) in [5.74, 6) is -0.355. The van der Waals surface area contributed by atoms with Gasteiger partial charge >= 0.3 is 0 Å². The molecule has 1 N–H and O–H groups in total. The summed E-state index contributed by atoms with van der Waals surface area (Å²) in [5.41, 5.74) is 1.53. The second kappa shape index (κ2) is 13.5. The van der Waals surface area contributed by atoms with E-state index in [0.717, 1.165) is 11.8 Å². The number of nitrogens with one attached hydrogen (secondary N) is 1. The van der Waals surface area contributed by atoms with E-state index in [0.29, 0.717) is 36.5 Å². The van der Waals surface area contributed by atoms with Crippen LogP contribution in [-0.2, 0) is 26.0 Å². The molecule has 0 aromatic heterocycles. The molecule has 192 valence electrons. The van der Waals surface area contributed by atoms with Crippen molar-refractivity contribution in [2.45, 2.75) is 58.5 Å². The minimum absolute atomic E-state index is 0.0383. The van der Waals surface area contributed by atoms with Crippen LogP contribution in [0.5, 0.6) is 0 Å². The molecule has 0 unspecified atom stereocenters. The normalized spacial score (nSPS) is 12.3. The number of nitrogens with zero attached hydrogens (tertiary/aromatic N) is 2. The highest BCUT2D eigenvalue weighted by atomic mass is 35.5. The van der Waals surface area contributed by atoms with Gasteiger partial charge < -0.3 is 10.2 Å². The molecule has 0 heterocycles. The molecule has 0 saturated carbocycles. The number of benzene rings is 2. The van der Waals surface area contributed by atoms with Gasteiger partial charge in [0.1, 0.15) is 6.04 Å². The van der Waals surface area contributed by atoms with Crippen molar-refractivity contribution in [3.8, 4) is 0 Å². The average molecular weight is 522 g/mol. The molecule has 0 saturated heterocycles. The Balaban J connectivity index is 2.15. The highest BCUT2D eigenvalue weighted by Gasteiger charge is 2.28. The molecule has 0 fully saturated rings. The van der Waals surface area contributed by atoms with Crippen LogP contribution in [0.3, 0.4) is 0 Å². The van der Waals surface area contributed by atoms with E-state index in [9.17, 15) is 18.0 Å². The third-order valence-corrected chi connectivity index (χ3v) is 6.98. The Bertz CT molecular complexity index is 1080. The molecular formula is C26H36ClN3O4S. The minimum atomic E-state index is -3.56. The Hall–Kier alpha value is -2.58. The molecule has 2 aromatic rings. The molecule has 2 amide bonds. The van der Waals surface area contributed by atoms with Crippen LogP contribution < -0.4 is 9.62 Å². The van der Waals surface area contributed by atoms with Crippen LogP contribution in [0.25, 0.3) is 0 Å². The molecule has 0 radical (unpaired) electrons. The number of amides is 2. The van der Waals surface area contributed by atoms with Crippen molar-refractivity contribution in [2.24, 2.45) is 0 Å². The SMILES string of the molecule is CC[C@@H](C(=O)NC(C)C)N(CCc1ccccc1)C(=O)CCCN(c1cccc(Cl)c1)S(C)(=O)=O. The van der Waals surface area contributed by atoms with Crippen LogP contribution in [0, 0.1) is 0 Å². The summed E-state index contributed by atoms with van der Waals surface area (Å²) in [6, 6.07) is 15.8. The van der Waals surface area contributed by atoms with Gasteiger partial charge in [0.25, 0.3) is 0 Å². The van der Waals surface area contributed by atoms with Crippen molar-refractivity contribution in [2.75, 3.05) is 23.7 Å². The van der Waals surface area contributed by atoms with E-state index in [2.05, 4.69) is 5.32 Å². The number of anilines is 1. The number of sulfonamides is 1. The molecule has 0 spiro atoms. The molecule has 2 aromatic carbocycles. The van der Waals surface area contributed by atoms with Crippen LogP contribution >= 0.6 is 11.6 Å². The Morgan fingerprint density at radius 1 is 1.03 bits per heavy atom. The van der Waals surface area contributed by atoms with E-state index in [1.54, 1.807) is 29.2 Å². The molecule has 9 heteroatoms. The lowest BCUT2D eigenvalue weighted by atomic mass is 10.1. The van der Waals surface area contributed by atoms with E-state index in [1.807, 2.05) is 51.1 Å². The predicted molar refractivity (Wildman–Crippen MR) is 142 cm³/mol. The maximum atomic E-state index is 13.3. The van der Waals surface area contributed by atoms with Crippen LogP contribution in [0.1, 0.15) is 45.6 Å². The summed E-state index contributed by atoms with van der Waals surface area (Å²) in [5, 5.41) is 3.35. The van der Waals surface area contributed by atoms with Gasteiger partial charge in [-0.05, 0) is 56.9 Å². The summed E-state index contributed by atoms with van der Waals surface area (Å²) < 4.78 is 26.0. The summed E-state index contributed by atoms with van der Waals surface area (Å²) in [4.78, 5) is 27.8. The first-order valence-corrected chi connectivity index (χ1v) is 14.1. The van der Waals surface area contributed by atoms with Gasteiger partial charge in [-0.25, -0.2) is 8.42 Å². The molecule has 35 heavy (non-hydrogen) atoms. The van der Waals surface area contributed by atoms with E-state index >= 15 is 0 Å². The molecule has 1 atom stereocenters. The van der Waals surface area contributed by atoms with Gasteiger partial charge in [0, 0.05) is 30.6 Å². The number of carbonyl (C=O) groups is 2. The summed E-state index contributed by atoms with van der Waals surface area (Å²) in [6.07, 6.45) is 2.66. The molecule has 2 rings (SSSR count). The van der Waals surface area contributed by atoms with Crippen LogP contribution in [0.2, 0.25) is 5.02 Å². The monoisotopic (exact) mass is 521 g/mol. The number of halogens is 1. The minimum Gasteiger partial charge on any atom is -0.352 e. The van der Waals surface area contributed by atoms with Crippen molar-refractivity contribution < 1.29 is 18.0 Å². The van der Waals surface area contributed by atoms with Gasteiger partial charge in [-0.2, -0.15) is 0 Å². The first-order chi connectivity index (χ1) is 16.5. The Kier molecular flexibility index (Phi) is 11.0. The number of hydrogen-bond donors (Lipinski definition) is 1. The van der Waals surface area contributed by atoms with E-state index < -0.39 is 16.1 Å². The number of rotatable bonds is 13. The van der Waals surface area contributed by atoms with Crippen LogP contribution in [0.4, 0.5) is 5.69 Å². The molecule has 0 aliphatic heterocycles. The number of hydrogen-bond acceptors (Lipinski definition) is 4. The largest absolute Gasteiger partial charge is 0.352 e. The van der Waals surface area contributed by atoms with Crippen LogP contribution in [-0.4, -0.2) is 56.6 Å². The maximum Gasteiger partial charge on any atom is 0.242 e. The topological polar surface area (TPSA) is 86.8 Å². The highest BCUT2D eigenvalue weighted by Crippen LogP contribution is 2.22. The van der Waals surface area contributed by atoms with Crippen molar-refractivity contribution in [1.82, 2.24) is 10.2 Å². The van der Waals surface area contributed by atoms with Crippen molar-refractivity contribution in [3.63, 3.8) is 0 Å². The lowest BCUT2D eigenvalue weighted by Gasteiger charge is -2.31. The molecule has 0 aliphatic rings. The lowest BCUT2D eigenvalue weighted by molar-refractivity contribution is -0.141. The first-order valence-electron chi connectivity index (χ1n) is 11.9. The Morgan fingerprint density at radius 2 is 1.71 bits per heavy atom. The third-order valence-electron chi connectivity index (χ3n) is 5.55. The zero-order valence-corrected chi connectivity index (χ0v) is 22.5. The zero-order valence-electron chi connectivity index (χ0n) is 20.9. The third kappa shape index (κ3) is 9.18. The van der Waals surface area contributed by atoms with Gasteiger partial charge in [-0.3, -0.25) is 13.9 Å². The lowest BCUT2D eigenvalue weighted by Crippen LogP contribution is -2.51. The second-order valence-electron chi connectivity index (χ2n) is 8.83. The number of carbonyl (C=O) groups excluding carboxylic acids is 2. The van der Waals surface area contributed by atoms with E-state index in [1.165, 1.54) is 4.31 Å². The summed E-state index contributed by atoms with van der Waals surface area (Å²) in [7, 11) is -3.56. The quantitative estimate of drug-likeness (QED) is 0.426. The van der Waals surface area contributed by atoms with Gasteiger partial charge in [0.2, 0.25) is 21.8 Å². The van der Waals surface area contributed by atoms with Gasteiger partial charge in [-0.15, -0.1) is 0 Å². The second-order valence-corrected chi connectivity index (χ2v) is 11.2. The molecule has 0 aliphatic carbocycles. The Labute approximate surface area is 214 Å². The van der Waals surface area contributed by atoms with E-state index in [-0.39, 0.29) is 30.8 Å². The molecule has 0 bridgehead atoms. The summed E-state index contributed by atoms with van der Waals surface area (Å²) in [6.45, 7) is 6.19. The molecular weight excluding hydrogens is 486 g/mol. The highest BCUT2D eigenvalue weighted by molar-refractivity contribution is 7.92. The van der Waals surface area contributed by atoms with Gasteiger partial charge in [0.05, 0.1) is 11.9 Å². The van der Waals surface area contributed by atoms with Gasteiger partial charge in [0.15, 0.2) is 0 Å². The summed E-state index contributed by atoms with van der Waals surface area (Å²) >= 11 is 6.05. The van der Waals surface area contributed by atoms with Crippen molar-refractivity contribution in [1.29, 1.82) is 0 Å². The van der Waals surface area contributed by atoms with Crippen LogP contribution in [0.15, 0.2) is 54.6 Å². The Morgan fingerprint density at radius 3 is 2.29 bits per heavy atom. The fourth-order valence-corrected chi connectivity index (χ4v) is 5.05. The predicted octanol–water partition coefficient (Wildman–Crippen LogP) is 4.26. The van der Waals surface area contributed by atoms with E-state index in [4.69, 9.17) is 11.6 Å². The fourth-order valence-electron chi connectivity index (χ4n) is 3.91. The zero-order chi connectivity index (χ0) is 26.0. The average Bonchev–Trinajstić information content (AvgIpc) is 2.78. The standard InChI is InChI=1S/C26H36ClN3O4S/c1-5-24(26(32)28-20(2)3)29(18-16-21-11-7-6-8-12-21)25(31)15-10-17-30(35(4,33)34)23-14-9-13-22(27)19-23/h6-9,11-14,19-20,24H,5,10,15-18H2,1-4H3,(H,28,32)/t24-/m0/s1. The smallest absolute Gasteiger partial charge is 0.242 e.